The highest BCUT2D eigenvalue weighted by molar-refractivity contribution is 6.13. The van der Waals surface area contributed by atoms with Crippen LogP contribution in [0.5, 0.6) is 5.75 Å². The SMILES string of the molecule is CC1CCC(NCCOc2cccc(NC(=O)c3c[nH]c4c3C(=O)CCC4)c2)CC1. The highest BCUT2D eigenvalue weighted by Crippen LogP contribution is 2.26. The molecule has 0 radical (unpaired) electrons. The maximum atomic E-state index is 12.7. The third-order valence-electron chi connectivity index (χ3n) is 6.23. The number of rotatable bonds is 7. The first kappa shape index (κ1) is 20.7. The van der Waals surface area contributed by atoms with Crippen molar-refractivity contribution >= 4 is 17.4 Å². The third-order valence-corrected chi connectivity index (χ3v) is 6.23. The lowest BCUT2D eigenvalue weighted by atomic mass is 9.87. The molecule has 2 aliphatic rings. The van der Waals surface area contributed by atoms with Crippen molar-refractivity contribution in [2.45, 2.75) is 57.9 Å². The van der Waals surface area contributed by atoms with Crippen LogP contribution in [0.2, 0.25) is 0 Å². The number of ether oxygens (including phenoxy) is 1. The molecule has 160 valence electrons. The van der Waals surface area contributed by atoms with Crippen LogP contribution >= 0.6 is 0 Å². The van der Waals surface area contributed by atoms with E-state index < -0.39 is 0 Å². The Morgan fingerprint density at radius 2 is 2.03 bits per heavy atom. The number of ketones is 1. The van der Waals surface area contributed by atoms with Crippen LogP contribution in [0.15, 0.2) is 30.5 Å². The molecular weight excluding hydrogens is 378 g/mol. The molecule has 1 heterocycles. The topological polar surface area (TPSA) is 83.2 Å². The number of benzene rings is 1. The fourth-order valence-electron chi connectivity index (χ4n) is 4.47. The smallest absolute Gasteiger partial charge is 0.257 e. The van der Waals surface area contributed by atoms with Crippen molar-refractivity contribution < 1.29 is 14.3 Å². The number of carbonyl (C=O) groups excluding carboxylic acids is 2. The molecule has 0 aliphatic heterocycles. The Labute approximate surface area is 177 Å². The summed E-state index contributed by atoms with van der Waals surface area (Å²) in [6.07, 6.45) is 8.88. The molecule has 2 aliphatic carbocycles. The molecule has 6 nitrogen and oxygen atoms in total. The van der Waals surface area contributed by atoms with Gasteiger partial charge in [-0.1, -0.05) is 13.0 Å². The molecule has 0 unspecified atom stereocenters. The second-order valence-corrected chi connectivity index (χ2v) is 8.57. The molecule has 1 fully saturated rings. The summed E-state index contributed by atoms with van der Waals surface area (Å²) in [6, 6.07) is 8.00. The van der Waals surface area contributed by atoms with Gasteiger partial charge in [0, 0.05) is 42.7 Å². The Kier molecular flexibility index (Phi) is 6.53. The summed E-state index contributed by atoms with van der Waals surface area (Å²) < 4.78 is 5.86. The van der Waals surface area contributed by atoms with Crippen molar-refractivity contribution in [3.05, 3.63) is 47.3 Å². The maximum absolute atomic E-state index is 12.7. The highest BCUT2D eigenvalue weighted by Gasteiger charge is 2.26. The second-order valence-electron chi connectivity index (χ2n) is 8.57. The van der Waals surface area contributed by atoms with Gasteiger partial charge in [0.2, 0.25) is 0 Å². The number of aromatic amines is 1. The number of carbonyl (C=O) groups is 2. The van der Waals surface area contributed by atoms with Gasteiger partial charge in [-0.05, 0) is 56.6 Å². The lowest BCUT2D eigenvalue weighted by Crippen LogP contribution is -2.35. The lowest BCUT2D eigenvalue weighted by Gasteiger charge is -2.27. The largest absolute Gasteiger partial charge is 0.492 e. The molecule has 4 rings (SSSR count). The van der Waals surface area contributed by atoms with E-state index in [9.17, 15) is 9.59 Å². The average Bonchev–Trinajstić information content (AvgIpc) is 3.19. The van der Waals surface area contributed by atoms with Crippen molar-refractivity contribution in [1.29, 1.82) is 0 Å². The molecule has 2 aromatic rings. The van der Waals surface area contributed by atoms with Crippen LogP contribution in [0.4, 0.5) is 5.69 Å². The first-order valence-corrected chi connectivity index (χ1v) is 11.1. The molecule has 0 spiro atoms. The fourth-order valence-corrected chi connectivity index (χ4v) is 4.47. The summed E-state index contributed by atoms with van der Waals surface area (Å²) in [5.74, 6) is 1.35. The molecule has 0 atom stereocenters. The minimum Gasteiger partial charge on any atom is -0.492 e. The van der Waals surface area contributed by atoms with E-state index in [-0.39, 0.29) is 11.7 Å². The van der Waals surface area contributed by atoms with Crippen LogP contribution in [-0.2, 0) is 6.42 Å². The van der Waals surface area contributed by atoms with Crippen molar-refractivity contribution in [2.24, 2.45) is 5.92 Å². The predicted octanol–water partition coefficient (Wildman–Crippen LogP) is 4.33. The van der Waals surface area contributed by atoms with Crippen LogP contribution in [0, 0.1) is 5.92 Å². The number of nitrogens with one attached hydrogen (secondary N) is 3. The lowest BCUT2D eigenvalue weighted by molar-refractivity contribution is 0.0956. The van der Waals surface area contributed by atoms with Crippen molar-refractivity contribution in [3.63, 3.8) is 0 Å². The Morgan fingerprint density at radius 1 is 1.20 bits per heavy atom. The average molecular weight is 410 g/mol. The summed E-state index contributed by atoms with van der Waals surface area (Å²) in [7, 11) is 0. The first-order chi connectivity index (χ1) is 14.6. The zero-order valence-corrected chi connectivity index (χ0v) is 17.6. The number of H-pyrrole nitrogens is 1. The van der Waals surface area contributed by atoms with E-state index in [1.165, 1.54) is 25.7 Å². The van der Waals surface area contributed by atoms with E-state index in [2.05, 4.69) is 22.5 Å². The van der Waals surface area contributed by atoms with Crippen LogP contribution < -0.4 is 15.4 Å². The van der Waals surface area contributed by atoms with Gasteiger partial charge >= 0.3 is 0 Å². The van der Waals surface area contributed by atoms with Crippen LogP contribution in [-0.4, -0.2) is 35.9 Å². The maximum Gasteiger partial charge on any atom is 0.257 e. The van der Waals surface area contributed by atoms with Crippen LogP contribution in [0.1, 0.15) is 71.9 Å². The molecule has 3 N–H and O–H groups in total. The number of aromatic nitrogens is 1. The van der Waals surface area contributed by atoms with Crippen LogP contribution in [0.3, 0.4) is 0 Å². The van der Waals surface area contributed by atoms with E-state index >= 15 is 0 Å². The molecule has 1 amide bonds. The summed E-state index contributed by atoms with van der Waals surface area (Å²) in [6.45, 7) is 3.73. The Balaban J connectivity index is 1.29. The Morgan fingerprint density at radius 3 is 2.87 bits per heavy atom. The van der Waals surface area contributed by atoms with E-state index in [0.29, 0.717) is 35.9 Å². The molecule has 1 saturated carbocycles. The van der Waals surface area contributed by atoms with Crippen molar-refractivity contribution in [3.8, 4) is 5.75 Å². The van der Waals surface area contributed by atoms with Gasteiger partial charge in [0.25, 0.3) is 5.91 Å². The molecule has 1 aromatic heterocycles. The first-order valence-electron chi connectivity index (χ1n) is 11.1. The van der Waals surface area contributed by atoms with Crippen molar-refractivity contribution in [2.75, 3.05) is 18.5 Å². The molecule has 0 bridgehead atoms. The molecule has 6 heteroatoms. The molecule has 1 aromatic carbocycles. The Bertz CT molecular complexity index is 897. The van der Waals surface area contributed by atoms with Crippen LogP contribution in [0.25, 0.3) is 0 Å². The van der Waals surface area contributed by atoms with Gasteiger partial charge in [-0.3, -0.25) is 9.59 Å². The minimum absolute atomic E-state index is 0.0413. The standard InChI is InChI=1S/C24H31N3O3/c1-16-8-10-17(11-9-16)25-12-13-30-19-5-2-4-18(14-19)27-24(29)20-15-26-21-6-3-7-22(28)23(20)21/h2,4-5,14-17,25-26H,3,6-13H2,1H3,(H,27,29). The van der Waals surface area contributed by atoms with Crippen molar-refractivity contribution in [1.82, 2.24) is 10.3 Å². The predicted molar refractivity (Wildman–Crippen MR) is 117 cm³/mol. The second kappa shape index (κ2) is 9.47. The zero-order valence-electron chi connectivity index (χ0n) is 17.6. The molecule has 0 saturated heterocycles. The summed E-state index contributed by atoms with van der Waals surface area (Å²) in [5.41, 5.74) is 2.50. The third kappa shape index (κ3) is 4.93. The number of hydrogen-bond acceptors (Lipinski definition) is 4. The zero-order chi connectivity index (χ0) is 20.9. The van der Waals surface area contributed by atoms with Gasteiger partial charge in [0.1, 0.15) is 12.4 Å². The highest BCUT2D eigenvalue weighted by atomic mass is 16.5. The summed E-state index contributed by atoms with van der Waals surface area (Å²) >= 11 is 0. The number of amides is 1. The monoisotopic (exact) mass is 409 g/mol. The molecule has 30 heavy (non-hydrogen) atoms. The number of fused-ring (bicyclic) bond motifs is 1. The number of hydrogen-bond donors (Lipinski definition) is 3. The van der Waals surface area contributed by atoms with Gasteiger partial charge in [-0.25, -0.2) is 0 Å². The molecular formula is C24H31N3O3. The van der Waals surface area contributed by atoms with Gasteiger partial charge in [0.05, 0.1) is 11.1 Å². The minimum atomic E-state index is -0.270. The van der Waals surface area contributed by atoms with Gasteiger partial charge in [0.15, 0.2) is 5.78 Å². The number of Topliss-reactive ketones (excluding diaryl/α,β-unsaturated/α-hetero) is 1. The van der Waals surface area contributed by atoms with Gasteiger partial charge in [-0.15, -0.1) is 0 Å². The van der Waals surface area contributed by atoms with E-state index in [1.54, 1.807) is 6.20 Å². The van der Waals surface area contributed by atoms with Gasteiger partial charge < -0.3 is 20.4 Å². The quantitative estimate of drug-likeness (QED) is 0.594. The number of anilines is 1. The number of aryl methyl sites for hydroxylation is 1. The fraction of sp³-hybridized carbons (Fsp3) is 0.500. The van der Waals surface area contributed by atoms with Gasteiger partial charge in [-0.2, -0.15) is 0 Å². The van der Waals surface area contributed by atoms with E-state index in [4.69, 9.17) is 4.74 Å². The normalized spacial score (nSPS) is 21.2. The summed E-state index contributed by atoms with van der Waals surface area (Å²) in [4.78, 5) is 28.0. The van der Waals surface area contributed by atoms with E-state index in [1.807, 2.05) is 24.3 Å². The van der Waals surface area contributed by atoms with E-state index in [0.717, 1.165) is 36.7 Å². The summed E-state index contributed by atoms with van der Waals surface area (Å²) in [5, 5.41) is 6.48. The Hall–Kier alpha value is -2.60.